The summed E-state index contributed by atoms with van der Waals surface area (Å²) < 4.78 is 41.3. The average molecular weight is 625 g/mol. The Morgan fingerprint density at radius 2 is 1.83 bits per heavy atom. The fourth-order valence-electron chi connectivity index (χ4n) is 7.06. The lowest BCUT2D eigenvalue weighted by atomic mass is 9.62. The molecule has 41 heavy (non-hydrogen) atoms. The van der Waals surface area contributed by atoms with Gasteiger partial charge < -0.3 is 10.6 Å². The van der Waals surface area contributed by atoms with E-state index in [9.17, 15) is 18.0 Å². The Kier molecular flexibility index (Phi) is 8.09. The van der Waals surface area contributed by atoms with Crippen LogP contribution in [0.5, 0.6) is 0 Å². The zero-order valence-corrected chi connectivity index (χ0v) is 26.0. The van der Waals surface area contributed by atoms with Crippen molar-refractivity contribution < 1.29 is 22.4 Å². The molecule has 1 amide bonds. The smallest absolute Gasteiger partial charge is 0.237 e. The number of carbonyl (C=O) groups is 2. The van der Waals surface area contributed by atoms with Gasteiger partial charge >= 0.3 is 0 Å². The van der Waals surface area contributed by atoms with Gasteiger partial charge in [-0.15, -0.1) is 0 Å². The minimum Gasteiger partial charge on any atom is -0.325 e. The maximum atomic E-state index is 15.9. The third kappa shape index (κ3) is 5.56. The van der Waals surface area contributed by atoms with Crippen LogP contribution < -0.4 is 10.6 Å². The number of piperidine rings is 1. The molecule has 0 aromatic heterocycles. The predicted molar refractivity (Wildman–Crippen MR) is 159 cm³/mol. The number of nitrogens with zero attached hydrogens (tertiary/aromatic N) is 1. The molecule has 4 atom stereocenters. The maximum Gasteiger partial charge on any atom is 0.237 e. The van der Waals surface area contributed by atoms with Crippen LogP contribution in [0.2, 0.25) is 10.0 Å². The van der Waals surface area contributed by atoms with Gasteiger partial charge in [0.25, 0.3) is 0 Å². The standard InChI is InChI=1S/C30H36Cl2FN3O4S/c1-29(2,3)16-24-30(20-9-8-18(31)15-22(20)34-28(30)38)25(19-6-5-7-21(32)26(19)33)27(35-24)23(37)14-17-10-12-36(13-11-17)41(4,39)40/h5-9,15,17,24-25,27,35H,10-14,16H2,1-4H3,(H,34,38)/t24-,25+,27+,30+/m1/s1. The molecule has 1 spiro atoms. The number of benzene rings is 2. The highest BCUT2D eigenvalue weighted by atomic mass is 35.5. The van der Waals surface area contributed by atoms with Gasteiger partial charge in [-0.05, 0) is 59.9 Å². The number of anilines is 1. The Hall–Kier alpha value is -2.04. The number of fused-ring (bicyclic) bond motifs is 2. The largest absolute Gasteiger partial charge is 0.325 e. The number of hydrogen-bond acceptors (Lipinski definition) is 5. The molecule has 3 aliphatic heterocycles. The number of rotatable bonds is 6. The summed E-state index contributed by atoms with van der Waals surface area (Å²) in [6.45, 7) is 6.91. The van der Waals surface area contributed by atoms with Gasteiger partial charge in [-0.25, -0.2) is 17.1 Å². The highest BCUT2D eigenvalue weighted by Crippen LogP contribution is 2.57. The number of Topliss-reactive ketones (excluding diaryl/α,β-unsaturated/α-hetero) is 1. The first kappa shape index (κ1) is 30.4. The average Bonchev–Trinajstić information content (AvgIpc) is 3.34. The summed E-state index contributed by atoms with van der Waals surface area (Å²) in [6, 6.07) is 8.56. The van der Waals surface area contributed by atoms with Crippen LogP contribution in [0.4, 0.5) is 10.1 Å². The van der Waals surface area contributed by atoms with Crippen LogP contribution in [0.25, 0.3) is 0 Å². The van der Waals surface area contributed by atoms with Gasteiger partial charge in [0.2, 0.25) is 15.9 Å². The highest BCUT2D eigenvalue weighted by molar-refractivity contribution is 7.88. The molecule has 0 radical (unpaired) electrons. The van der Waals surface area contributed by atoms with Gasteiger partial charge in [0.05, 0.1) is 17.3 Å². The SMILES string of the molecule is CC(C)(C)C[C@H]1N[C@@H](C(=O)CC2CCN(S(C)(=O)=O)CC2)[C@H](c2cccc(Cl)c2F)[C@@]12C(=O)Nc1cc(Cl)ccc12. The number of hydrogen-bond donors (Lipinski definition) is 2. The van der Waals surface area contributed by atoms with Crippen molar-refractivity contribution in [3.8, 4) is 0 Å². The summed E-state index contributed by atoms with van der Waals surface area (Å²) in [5.41, 5.74) is -0.0802. The van der Waals surface area contributed by atoms with Crippen molar-refractivity contribution in [3.63, 3.8) is 0 Å². The van der Waals surface area contributed by atoms with Crippen LogP contribution in [0, 0.1) is 17.2 Å². The van der Waals surface area contributed by atoms with Gasteiger partial charge in [-0.3, -0.25) is 9.59 Å². The van der Waals surface area contributed by atoms with Crippen molar-refractivity contribution in [1.82, 2.24) is 9.62 Å². The van der Waals surface area contributed by atoms with E-state index in [-0.39, 0.29) is 40.0 Å². The Balaban J connectivity index is 1.60. The Morgan fingerprint density at radius 1 is 1.15 bits per heavy atom. The van der Waals surface area contributed by atoms with E-state index in [1.807, 2.05) is 0 Å². The summed E-state index contributed by atoms with van der Waals surface area (Å²) in [4.78, 5) is 28.4. The highest BCUT2D eigenvalue weighted by Gasteiger charge is 2.66. The van der Waals surface area contributed by atoms with E-state index in [4.69, 9.17) is 23.2 Å². The molecule has 0 saturated carbocycles. The van der Waals surface area contributed by atoms with Gasteiger partial charge in [-0.2, -0.15) is 0 Å². The van der Waals surface area contributed by atoms with Gasteiger partial charge in [0.15, 0.2) is 5.78 Å². The number of ketones is 1. The Labute approximate surface area is 251 Å². The Bertz CT molecular complexity index is 1490. The molecule has 0 unspecified atom stereocenters. The summed E-state index contributed by atoms with van der Waals surface area (Å²) in [5, 5.41) is 6.89. The first-order chi connectivity index (χ1) is 19.1. The summed E-state index contributed by atoms with van der Waals surface area (Å²) in [7, 11) is -3.30. The van der Waals surface area contributed by atoms with Gasteiger partial charge in [0.1, 0.15) is 11.2 Å². The second-order valence-electron chi connectivity index (χ2n) is 12.9. The van der Waals surface area contributed by atoms with Crippen LogP contribution in [0.1, 0.15) is 63.5 Å². The topological polar surface area (TPSA) is 95.6 Å². The first-order valence-corrected chi connectivity index (χ1v) is 16.5. The molecular formula is C30H36Cl2FN3O4S. The number of halogens is 3. The Morgan fingerprint density at radius 3 is 2.46 bits per heavy atom. The molecule has 5 rings (SSSR count). The maximum absolute atomic E-state index is 15.9. The summed E-state index contributed by atoms with van der Waals surface area (Å²) in [6.07, 6.45) is 3.04. The van der Waals surface area contributed by atoms with Crippen molar-refractivity contribution in [2.45, 2.75) is 69.9 Å². The van der Waals surface area contributed by atoms with Crippen molar-refractivity contribution in [2.24, 2.45) is 11.3 Å². The number of sulfonamides is 1. The molecule has 3 aliphatic rings. The number of amides is 1. The van der Waals surface area contributed by atoms with E-state index in [1.54, 1.807) is 30.3 Å². The zero-order valence-electron chi connectivity index (χ0n) is 23.6. The molecule has 2 aromatic rings. The fourth-order valence-corrected chi connectivity index (χ4v) is 8.29. The molecule has 2 N–H and O–H groups in total. The van der Waals surface area contributed by atoms with E-state index in [0.717, 1.165) is 0 Å². The molecule has 7 nitrogen and oxygen atoms in total. The van der Waals surface area contributed by atoms with E-state index >= 15 is 4.39 Å². The van der Waals surface area contributed by atoms with E-state index in [0.29, 0.717) is 48.6 Å². The van der Waals surface area contributed by atoms with Crippen LogP contribution in [-0.4, -0.2) is 55.8 Å². The summed E-state index contributed by atoms with van der Waals surface area (Å²) in [5.74, 6) is -1.98. The van der Waals surface area contributed by atoms with Crippen molar-refractivity contribution >= 4 is 50.6 Å². The lowest BCUT2D eigenvalue weighted by molar-refractivity contribution is -0.123. The van der Waals surface area contributed by atoms with Gasteiger partial charge in [-0.1, -0.05) is 62.2 Å². The third-order valence-corrected chi connectivity index (χ3v) is 10.6. The lowest BCUT2D eigenvalue weighted by Crippen LogP contribution is -2.49. The van der Waals surface area contributed by atoms with Crippen LogP contribution in [-0.2, 0) is 25.0 Å². The quantitative estimate of drug-likeness (QED) is 0.442. The normalized spacial score (nSPS) is 27.3. The molecule has 2 saturated heterocycles. The minimum atomic E-state index is -3.30. The summed E-state index contributed by atoms with van der Waals surface area (Å²) >= 11 is 12.6. The lowest BCUT2D eigenvalue weighted by Gasteiger charge is -2.38. The molecular weight excluding hydrogens is 588 g/mol. The third-order valence-electron chi connectivity index (χ3n) is 8.82. The fraction of sp³-hybridized carbons (Fsp3) is 0.533. The molecule has 11 heteroatoms. The van der Waals surface area contributed by atoms with E-state index in [1.165, 1.54) is 16.6 Å². The molecule has 222 valence electrons. The van der Waals surface area contributed by atoms with Crippen LogP contribution in [0.15, 0.2) is 36.4 Å². The van der Waals surface area contributed by atoms with E-state index < -0.39 is 39.3 Å². The molecule has 0 bridgehead atoms. The van der Waals surface area contributed by atoms with E-state index in [2.05, 4.69) is 31.4 Å². The van der Waals surface area contributed by atoms with Crippen molar-refractivity contribution in [3.05, 3.63) is 63.4 Å². The van der Waals surface area contributed by atoms with Crippen molar-refractivity contribution in [2.75, 3.05) is 24.7 Å². The molecule has 2 aromatic carbocycles. The number of carbonyl (C=O) groups excluding carboxylic acids is 2. The molecule has 2 fully saturated rings. The molecule has 3 heterocycles. The first-order valence-electron chi connectivity index (χ1n) is 13.9. The van der Waals surface area contributed by atoms with Gasteiger partial charge in [0, 0.05) is 42.2 Å². The zero-order chi connectivity index (χ0) is 29.9. The van der Waals surface area contributed by atoms with Crippen molar-refractivity contribution in [1.29, 1.82) is 0 Å². The number of nitrogens with one attached hydrogen (secondary N) is 2. The monoisotopic (exact) mass is 623 g/mol. The molecule has 0 aliphatic carbocycles. The van der Waals surface area contributed by atoms with Crippen LogP contribution in [0.3, 0.4) is 0 Å². The predicted octanol–water partition coefficient (Wildman–Crippen LogP) is 5.51. The second kappa shape index (κ2) is 10.9. The second-order valence-corrected chi connectivity index (χ2v) is 15.7. The van der Waals surface area contributed by atoms with Crippen LogP contribution >= 0.6 is 23.2 Å². The minimum absolute atomic E-state index is 0.0201.